The second kappa shape index (κ2) is 7.13. The van der Waals surface area contributed by atoms with E-state index in [-0.39, 0.29) is 18.2 Å². The Kier molecular flexibility index (Phi) is 5.82. The van der Waals surface area contributed by atoms with Crippen LogP contribution in [0, 0.1) is 17.5 Å². The summed E-state index contributed by atoms with van der Waals surface area (Å²) in [7, 11) is 0. The number of halogens is 3. The Morgan fingerprint density at radius 3 is 2.37 bits per heavy atom. The molecule has 1 rings (SSSR count). The van der Waals surface area contributed by atoms with E-state index in [1.165, 1.54) is 0 Å². The van der Waals surface area contributed by atoms with Gasteiger partial charge >= 0.3 is 0 Å². The summed E-state index contributed by atoms with van der Waals surface area (Å²) >= 11 is 0. The van der Waals surface area contributed by atoms with Gasteiger partial charge in [0.15, 0.2) is 17.5 Å². The van der Waals surface area contributed by atoms with Gasteiger partial charge in [0.2, 0.25) is 0 Å². The van der Waals surface area contributed by atoms with Gasteiger partial charge in [-0.2, -0.15) is 0 Å². The number of hydrogen-bond acceptors (Lipinski definition) is 2. The van der Waals surface area contributed by atoms with E-state index >= 15 is 0 Å². The summed E-state index contributed by atoms with van der Waals surface area (Å²) in [6.45, 7) is 2.23. The number of carbonyl (C=O) groups is 1. The number of benzene rings is 1. The summed E-state index contributed by atoms with van der Waals surface area (Å²) in [5.74, 6) is -5.02. The third kappa shape index (κ3) is 4.24. The largest absolute Gasteiger partial charge is 0.348 e. The molecule has 1 atom stereocenters. The Morgan fingerprint density at radius 1 is 1.32 bits per heavy atom. The SMILES string of the molecule is CCCCC(CN)NC(=O)c1cc(F)c(F)c(F)c1. The minimum absolute atomic E-state index is 0.234. The van der Waals surface area contributed by atoms with E-state index in [4.69, 9.17) is 5.73 Å². The standard InChI is InChI=1S/C13H17F3N2O/c1-2-3-4-9(7-17)18-13(19)8-5-10(14)12(16)11(15)6-8/h5-6,9H,2-4,7,17H2,1H3,(H,18,19). The average Bonchev–Trinajstić information content (AvgIpc) is 2.39. The van der Waals surface area contributed by atoms with Crippen LogP contribution >= 0.6 is 0 Å². The predicted molar refractivity (Wildman–Crippen MR) is 66.1 cm³/mol. The lowest BCUT2D eigenvalue weighted by Gasteiger charge is -2.16. The van der Waals surface area contributed by atoms with Crippen molar-refractivity contribution in [2.24, 2.45) is 5.73 Å². The second-order valence-corrected chi connectivity index (χ2v) is 4.30. The third-order valence-corrected chi connectivity index (χ3v) is 2.77. The van der Waals surface area contributed by atoms with Gasteiger partial charge in [-0.3, -0.25) is 4.79 Å². The molecule has 0 aliphatic carbocycles. The van der Waals surface area contributed by atoms with Gasteiger partial charge in [0, 0.05) is 18.2 Å². The second-order valence-electron chi connectivity index (χ2n) is 4.30. The molecule has 1 aromatic rings. The molecule has 19 heavy (non-hydrogen) atoms. The van der Waals surface area contributed by atoms with Crippen LogP contribution in [0.25, 0.3) is 0 Å². The molecule has 1 unspecified atom stereocenters. The molecule has 0 saturated heterocycles. The summed E-state index contributed by atoms with van der Waals surface area (Å²) in [6.07, 6.45) is 2.52. The first-order valence-corrected chi connectivity index (χ1v) is 6.15. The maximum Gasteiger partial charge on any atom is 0.251 e. The van der Waals surface area contributed by atoms with Crippen LogP contribution in [0.4, 0.5) is 13.2 Å². The number of rotatable bonds is 6. The van der Waals surface area contributed by atoms with E-state index in [1.54, 1.807) is 0 Å². The van der Waals surface area contributed by atoms with E-state index in [2.05, 4.69) is 5.32 Å². The van der Waals surface area contributed by atoms with E-state index in [1.807, 2.05) is 6.92 Å². The van der Waals surface area contributed by atoms with Crippen molar-refractivity contribution < 1.29 is 18.0 Å². The first-order chi connectivity index (χ1) is 8.99. The van der Waals surface area contributed by atoms with Crippen molar-refractivity contribution in [1.82, 2.24) is 5.32 Å². The monoisotopic (exact) mass is 274 g/mol. The first-order valence-electron chi connectivity index (χ1n) is 6.15. The Morgan fingerprint density at radius 2 is 1.89 bits per heavy atom. The molecule has 0 aliphatic heterocycles. The van der Waals surface area contributed by atoms with Crippen molar-refractivity contribution >= 4 is 5.91 Å². The van der Waals surface area contributed by atoms with E-state index in [9.17, 15) is 18.0 Å². The maximum atomic E-state index is 13.0. The van der Waals surface area contributed by atoms with Crippen molar-refractivity contribution in [1.29, 1.82) is 0 Å². The number of nitrogens with one attached hydrogen (secondary N) is 1. The molecule has 0 aromatic heterocycles. The molecule has 3 N–H and O–H groups in total. The van der Waals surface area contributed by atoms with Crippen LogP contribution in [0.15, 0.2) is 12.1 Å². The highest BCUT2D eigenvalue weighted by molar-refractivity contribution is 5.94. The molecular weight excluding hydrogens is 257 g/mol. The smallest absolute Gasteiger partial charge is 0.251 e. The first kappa shape index (κ1) is 15.5. The van der Waals surface area contributed by atoms with Gasteiger partial charge < -0.3 is 11.1 Å². The minimum atomic E-state index is -1.59. The highest BCUT2D eigenvalue weighted by Crippen LogP contribution is 2.14. The van der Waals surface area contributed by atoms with Gasteiger partial charge in [-0.25, -0.2) is 13.2 Å². The molecule has 0 fully saturated rings. The zero-order valence-electron chi connectivity index (χ0n) is 10.7. The molecule has 0 heterocycles. The van der Waals surface area contributed by atoms with E-state index in [0.717, 1.165) is 12.8 Å². The number of carbonyl (C=O) groups excluding carboxylic acids is 1. The molecule has 1 amide bonds. The van der Waals surface area contributed by atoms with Gasteiger partial charge in [0.1, 0.15) is 0 Å². The van der Waals surface area contributed by atoms with Crippen molar-refractivity contribution in [2.45, 2.75) is 32.2 Å². The van der Waals surface area contributed by atoms with Crippen LogP contribution in [-0.2, 0) is 0 Å². The van der Waals surface area contributed by atoms with Crippen LogP contribution in [0.3, 0.4) is 0 Å². The lowest BCUT2D eigenvalue weighted by atomic mass is 10.1. The highest BCUT2D eigenvalue weighted by Gasteiger charge is 2.17. The lowest BCUT2D eigenvalue weighted by molar-refractivity contribution is 0.0934. The Bertz CT molecular complexity index is 429. The Balaban J connectivity index is 2.77. The summed E-state index contributed by atoms with van der Waals surface area (Å²) in [6, 6.07) is 1.08. The molecular formula is C13H17F3N2O. The fraction of sp³-hybridized carbons (Fsp3) is 0.462. The topological polar surface area (TPSA) is 55.1 Å². The van der Waals surface area contributed by atoms with E-state index < -0.39 is 23.4 Å². The molecule has 3 nitrogen and oxygen atoms in total. The van der Waals surface area contributed by atoms with Gasteiger partial charge in [-0.1, -0.05) is 19.8 Å². The predicted octanol–water partition coefficient (Wildman–Crippen LogP) is 2.35. The van der Waals surface area contributed by atoms with Gasteiger partial charge in [0.05, 0.1) is 0 Å². The van der Waals surface area contributed by atoms with Crippen LogP contribution in [0.2, 0.25) is 0 Å². The number of hydrogen-bond donors (Lipinski definition) is 2. The quantitative estimate of drug-likeness (QED) is 0.782. The molecule has 6 heteroatoms. The third-order valence-electron chi connectivity index (χ3n) is 2.77. The van der Waals surface area contributed by atoms with Gasteiger partial charge in [-0.05, 0) is 18.6 Å². The van der Waals surface area contributed by atoms with Crippen molar-refractivity contribution in [3.05, 3.63) is 35.1 Å². The van der Waals surface area contributed by atoms with Crippen LogP contribution in [0.5, 0.6) is 0 Å². The summed E-state index contributed by atoms with van der Waals surface area (Å²) in [5, 5.41) is 2.57. The number of amides is 1. The molecule has 0 aliphatic rings. The van der Waals surface area contributed by atoms with Crippen molar-refractivity contribution in [3.63, 3.8) is 0 Å². The van der Waals surface area contributed by atoms with E-state index in [0.29, 0.717) is 18.6 Å². The fourth-order valence-corrected chi connectivity index (χ4v) is 1.65. The van der Waals surface area contributed by atoms with Crippen LogP contribution in [0.1, 0.15) is 36.5 Å². The van der Waals surface area contributed by atoms with Gasteiger partial charge in [0.25, 0.3) is 5.91 Å². The average molecular weight is 274 g/mol. The minimum Gasteiger partial charge on any atom is -0.348 e. The molecule has 0 bridgehead atoms. The number of unbranched alkanes of at least 4 members (excludes halogenated alkanes) is 1. The zero-order valence-corrected chi connectivity index (χ0v) is 10.7. The number of nitrogens with two attached hydrogens (primary N) is 1. The maximum absolute atomic E-state index is 13.0. The highest BCUT2D eigenvalue weighted by atomic mass is 19.2. The summed E-state index contributed by atoms with van der Waals surface area (Å²) < 4.78 is 38.8. The van der Waals surface area contributed by atoms with Crippen LogP contribution in [-0.4, -0.2) is 18.5 Å². The normalized spacial score (nSPS) is 12.3. The molecule has 0 saturated carbocycles. The van der Waals surface area contributed by atoms with Gasteiger partial charge in [-0.15, -0.1) is 0 Å². The molecule has 0 spiro atoms. The molecule has 106 valence electrons. The summed E-state index contributed by atoms with van der Waals surface area (Å²) in [5.41, 5.74) is 5.24. The molecule has 0 radical (unpaired) electrons. The molecule has 1 aromatic carbocycles. The van der Waals surface area contributed by atoms with Crippen LogP contribution < -0.4 is 11.1 Å². The fourth-order valence-electron chi connectivity index (χ4n) is 1.65. The zero-order chi connectivity index (χ0) is 14.4. The van der Waals surface area contributed by atoms with Crippen molar-refractivity contribution in [3.8, 4) is 0 Å². The Hall–Kier alpha value is -1.56. The van der Waals surface area contributed by atoms with Crippen molar-refractivity contribution in [2.75, 3.05) is 6.54 Å². The summed E-state index contributed by atoms with van der Waals surface area (Å²) in [4.78, 5) is 11.8. The lowest BCUT2D eigenvalue weighted by Crippen LogP contribution is -2.40. The Labute approximate surface area is 110 Å².